The van der Waals surface area contributed by atoms with Crippen molar-refractivity contribution in [2.45, 2.75) is 19.8 Å². The van der Waals surface area contributed by atoms with Crippen molar-refractivity contribution in [3.8, 4) is 0 Å². The predicted octanol–water partition coefficient (Wildman–Crippen LogP) is 1.36. The van der Waals surface area contributed by atoms with Crippen molar-refractivity contribution in [2.75, 3.05) is 0 Å². The van der Waals surface area contributed by atoms with Gasteiger partial charge in [-0.1, -0.05) is 13.8 Å². The van der Waals surface area contributed by atoms with E-state index in [0.29, 0.717) is 0 Å². The van der Waals surface area contributed by atoms with Gasteiger partial charge < -0.3 is 5.11 Å². The number of carboxylic acid groups (broad SMARTS) is 1. The predicted molar refractivity (Wildman–Crippen MR) is 41.0 cm³/mol. The molecular weight excluding hydrogens is 164 g/mol. The minimum Gasteiger partial charge on any atom is -0.475 e. The van der Waals surface area contributed by atoms with E-state index >= 15 is 0 Å². The van der Waals surface area contributed by atoms with Gasteiger partial charge in [0.25, 0.3) is 5.82 Å². The second-order valence-electron chi connectivity index (χ2n) is 2.42. The highest BCUT2D eigenvalue weighted by atomic mass is 32.1. The molecule has 0 aliphatic heterocycles. The summed E-state index contributed by atoms with van der Waals surface area (Å²) in [7, 11) is 0. The third-order valence-electron chi connectivity index (χ3n) is 1.13. The van der Waals surface area contributed by atoms with Gasteiger partial charge in [0, 0.05) is 5.92 Å². The first-order valence-electron chi connectivity index (χ1n) is 3.18. The SMILES string of the molecule is CC(C)c1nc(C(=O)O)ns1. The zero-order chi connectivity index (χ0) is 8.43. The molecule has 0 aliphatic rings. The molecule has 0 fully saturated rings. The molecule has 1 aromatic heterocycles. The molecule has 60 valence electrons. The molecule has 0 saturated carbocycles. The molecule has 0 aliphatic carbocycles. The summed E-state index contributed by atoms with van der Waals surface area (Å²) in [5.74, 6) is -0.910. The van der Waals surface area contributed by atoms with E-state index in [1.165, 1.54) is 0 Å². The Labute approximate surface area is 68.1 Å². The molecule has 0 atom stereocenters. The van der Waals surface area contributed by atoms with Crippen molar-refractivity contribution in [1.29, 1.82) is 0 Å². The molecule has 1 aromatic rings. The van der Waals surface area contributed by atoms with Crippen LogP contribution in [0.2, 0.25) is 0 Å². The minimum atomic E-state index is -1.06. The molecule has 0 saturated heterocycles. The van der Waals surface area contributed by atoms with E-state index < -0.39 is 5.97 Å². The van der Waals surface area contributed by atoms with Gasteiger partial charge in [0.1, 0.15) is 5.01 Å². The van der Waals surface area contributed by atoms with Crippen LogP contribution in [0.15, 0.2) is 0 Å². The number of hydrogen-bond donors (Lipinski definition) is 1. The average Bonchev–Trinajstić information content (AvgIpc) is 2.33. The van der Waals surface area contributed by atoms with Crippen LogP contribution >= 0.6 is 11.5 Å². The van der Waals surface area contributed by atoms with Crippen molar-refractivity contribution in [2.24, 2.45) is 0 Å². The van der Waals surface area contributed by atoms with Crippen molar-refractivity contribution in [1.82, 2.24) is 9.36 Å². The Hall–Kier alpha value is -0.970. The fraction of sp³-hybridized carbons (Fsp3) is 0.500. The summed E-state index contributed by atoms with van der Waals surface area (Å²) in [5.41, 5.74) is 0. The summed E-state index contributed by atoms with van der Waals surface area (Å²) in [6.07, 6.45) is 0. The lowest BCUT2D eigenvalue weighted by atomic mass is 10.2. The van der Waals surface area contributed by atoms with Gasteiger partial charge in [-0.25, -0.2) is 9.78 Å². The van der Waals surface area contributed by atoms with Crippen molar-refractivity contribution in [3.63, 3.8) is 0 Å². The van der Waals surface area contributed by atoms with E-state index in [1.807, 2.05) is 13.8 Å². The highest BCUT2D eigenvalue weighted by Crippen LogP contribution is 2.15. The van der Waals surface area contributed by atoms with E-state index in [9.17, 15) is 4.79 Å². The maximum Gasteiger partial charge on any atom is 0.374 e. The van der Waals surface area contributed by atoms with Gasteiger partial charge in [-0.3, -0.25) is 0 Å². The minimum absolute atomic E-state index is 0.0984. The third kappa shape index (κ3) is 1.74. The van der Waals surface area contributed by atoms with E-state index in [-0.39, 0.29) is 11.7 Å². The van der Waals surface area contributed by atoms with Crippen LogP contribution in [0.3, 0.4) is 0 Å². The molecule has 0 spiro atoms. The Morgan fingerprint density at radius 2 is 2.27 bits per heavy atom. The molecular formula is C6H8N2O2S. The lowest BCUT2D eigenvalue weighted by molar-refractivity contribution is 0.0685. The quantitative estimate of drug-likeness (QED) is 0.731. The van der Waals surface area contributed by atoms with E-state index in [2.05, 4.69) is 9.36 Å². The molecule has 1 rings (SSSR count). The molecule has 0 radical (unpaired) electrons. The number of hydrogen-bond acceptors (Lipinski definition) is 4. The van der Waals surface area contributed by atoms with Crippen molar-refractivity contribution >= 4 is 17.5 Å². The number of carbonyl (C=O) groups is 1. The lowest BCUT2D eigenvalue weighted by Crippen LogP contribution is -1.99. The summed E-state index contributed by atoms with van der Waals surface area (Å²) in [6.45, 7) is 3.90. The number of carboxylic acids is 1. The number of nitrogens with zero attached hydrogens (tertiary/aromatic N) is 2. The van der Waals surface area contributed by atoms with Crippen molar-refractivity contribution < 1.29 is 9.90 Å². The van der Waals surface area contributed by atoms with Crippen LogP contribution in [0.4, 0.5) is 0 Å². The topological polar surface area (TPSA) is 63.1 Å². The van der Waals surface area contributed by atoms with Crippen LogP contribution in [0.1, 0.15) is 35.4 Å². The van der Waals surface area contributed by atoms with Gasteiger partial charge in [0.05, 0.1) is 0 Å². The Morgan fingerprint density at radius 3 is 2.55 bits per heavy atom. The summed E-state index contributed by atoms with van der Waals surface area (Å²) in [4.78, 5) is 14.1. The van der Waals surface area contributed by atoms with Crippen LogP contribution in [0.25, 0.3) is 0 Å². The zero-order valence-corrected chi connectivity index (χ0v) is 7.05. The maximum atomic E-state index is 10.3. The summed E-state index contributed by atoms with van der Waals surface area (Å²) < 4.78 is 3.67. The average molecular weight is 172 g/mol. The standard InChI is InChI=1S/C6H8N2O2S/c1-3(2)5-7-4(6(9)10)8-11-5/h3H,1-2H3,(H,9,10). The first kappa shape index (κ1) is 8.13. The first-order valence-corrected chi connectivity index (χ1v) is 3.95. The molecule has 0 aromatic carbocycles. The Morgan fingerprint density at radius 1 is 1.64 bits per heavy atom. The maximum absolute atomic E-state index is 10.3. The third-order valence-corrected chi connectivity index (χ3v) is 2.14. The highest BCUT2D eigenvalue weighted by Gasteiger charge is 2.12. The van der Waals surface area contributed by atoms with Crippen LogP contribution in [0, 0.1) is 0 Å². The second-order valence-corrected chi connectivity index (χ2v) is 3.20. The summed E-state index contributed by atoms with van der Waals surface area (Å²) >= 11 is 1.14. The lowest BCUT2D eigenvalue weighted by Gasteiger charge is -1.93. The Kier molecular flexibility index (Phi) is 2.19. The van der Waals surface area contributed by atoms with Gasteiger partial charge in [-0.15, -0.1) is 0 Å². The molecule has 4 nitrogen and oxygen atoms in total. The Balaban J connectivity index is 2.90. The smallest absolute Gasteiger partial charge is 0.374 e. The normalized spacial score (nSPS) is 10.5. The zero-order valence-electron chi connectivity index (χ0n) is 6.24. The molecule has 0 amide bonds. The molecule has 5 heteroatoms. The largest absolute Gasteiger partial charge is 0.475 e. The molecule has 11 heavy (non-hydrogen) atoms. The first-order chi connectivity index (χ1) is 5.11. The van der Waals surface area contributed by atoms with Crippen LogP contribution in [-0.4, -0.2) is 20.4 Å². The fourth-order valence-electron chi connectivity index (χ4n) is 0.557. The monoisotopic (exact) mass is 172 g/mol. The van der Waals surface area contributed by atoms with Gasteiger partial charge >= 0.3 is 5.97 Å². The molecule has 1 N–H and O–H groups in total. The summed E-state index contributed by atoms with van der Waals surface area (Å²) in [5, 5.41) is 9.23. The summed E-state index contributed by atoms with van der Waals surface area (Å²) in [6, 6.07) is 0. The van der Waals surface area contributed by atoms with E-state index in [1.54, 1.807) is 0 Å². The van der Waals surface area contributed by atoms with Crippen molar-refractivity contribution in [3.05, 3.63) is 10.8 Å². The highest BCUT2D eigenvalue weighted by molar-refractivity contribution is 7.05. The molecule has 0 unspecified atom stereocenters. The number of aromatic carboxylic acids is 1. The molecule has 0 bridgehead atoms. The number of rotatable bonds is 2. The molecule has 1 heterocycles. The van der Waals surface area contributed by atoms with Crippen LogP contribution < -0.4 is 0 Å². The fourth-order valence-corrected chi connectivity index (χ4v) is 1.19. The number of aromatic nitrogens is 2. The van der Waals surface area contributed by atoms with E-state index in [4.69, 9.17) is 5.11 Å². The van der Waals surface area contributed by atoms with Crippen LogP contribution in [0.5, 0.6) is 0 Å². The van der Waals surface area contributed by atoms with Gasteiger partial charge in [-0.05, 0) is 11.5 Å². The van der Waals surface area contributed by atoms with E-state index in [0.717, 1.165) is 16.5 Å². The Bertz CT molecular complexity index is 269. The second kappa shape index (κ2) is 2.96. The van der Waals surface area contributed by atoms with Gasteiger partial charge in [0.2, 0.25) is 0 Å². The van der Waals surface area contributed by atoms with Gasteiger partial charge in [0.15, 0.2) is 0 Å². The van der Waals surface area contributed by atoms with Crippen LogP contribution in [-0.2, 0) is 0 Å². The van der Waals surface area contributed by atoms with Gasteiger partial charge in [-0.2, -0.15) is 4.37 Å².